The Balaban J connectivity index is 2.64. The summed E-state index contributed by atoms with van der Waals surface area (Å²) in [4.78, 5) is 12.0. The van der Waals surface area contributed by atoms with E-state index in [1.165, 1.54) is 0 Å². The number of carbonyl (C=O) groups is 1. The molecule has 0 radical (unpaired) electrons. The van der Waals surface area contributed by atoms with Gasteiger partial charge < -0.3 is 5.32 Å². The maximum Gasteiger partial charge on any atom is 0.225 e. The van der Waals surface area contributed by atoms with Gasteiger partial charge in [-0.2, -0.15) is 0 Å². The zero-order valence-corrected chi connectivity index (χ0v) is 11.3. The van der Waals surface area contributed by atoms with Gasteiger partial charge in [0.15, 0.2) is 0 Å². The Morgan fingerprint density at radius 3 is 2.47 bits per heavy atom. The Morgan fingerprint density at radius 1 is 1.41 bits per heavy atom. The molecule has 1 rings (SSSR count). The van der Waals surface area contributed by atoms with E-state index in [-0.39, 0.29) is 17.4 Å². The summed E-state index contributed by atoms with van der Waals surface area (Å²) in [5.74, 6) is 0.418. The zero-order chi connectivity index (χ0) is 13.1. The van der Waals surface area contributed by atoms with E-state index in [1.807, 2.05) is 20.8 Å². The van der Waals surface area contributed by atoms with Crippen LogP contribution >= 0.6 is 0 Å². The first-order valence-corrected chi connectivity index (χ1v) is 5.96. The highest BCUT2D eigenvalue weighted by Crippen LogP contribution is 2.14. The summed E-state index contributed by atoms with van der Waals surface area (Å²) < 4.78 is 1.74. The molecule has 0 bridgehead atoms. The van der Waals surface area contributed by atoms with Crippen molar-refractivity contribution in [1.82, 2.24) is 20.3 Å². The Kier molecular flexibility index (Phi) is 4.26. The lowest BCUT2D eigenvalue weighted by Gasteiger charge is -2.26. The van der Waals surface area contributed by atoms with Gasteiger partial charge in [0, 0.05) is 11.6 Å². The Bertz CT molecular complexity index is 351. The van der Waals surface area contributed by atoms with E-state index < -0.39 is 0 Å². The molecule has 1 heterocycles. The van der Waals surface area contributed by atoms with Crippen LogP contribution in [0.2, 0.25) is 0 Å². The molecule has 1 amide bonds. The van der Waals surface area contributed by atoms with Crippen LogP contribution < -0.4 is 5.32 Å². The summed E-state index contributed by atoms with van der Waals surface area (Å²) >= 11 is 0. The highest BCUT2D eigenvalue weighted by molar-refractivity contribution is 5.81. The molecule has 1 N–H and O–H groups in total. The minimum atomic E-state index is -0.366. The molecule has 1 aromatic rings. The van der Waals surface area contributed by atoms with Crippen molar-refractivity contribution >= 4 is 5.91 Å². The van der Waals surface area contributed by atoms with E-state index in [2.05, 4.69) is 29.5 Å². The first-order valence-electron chi connectivity index (χ1n) is 5.96. The van der Waals surface area contributed by atoms with Gasteiger partial charge in [-0.05, 0) is 5.92 Å². The maximum atomic E-state index is 12.0. The van der Waals surface area contributed by atoms with Crippen molar-refractivity contribution in [2.75, 3.05) is 0 Å². The van der Waals surface area contributed by atoms with Crippen molar-refractivity contribution in [3.63, 3.8) is 0 Å². The molecule has 5 nitrogen and oxygen atoms in total. The van der Waals surface area contributed by atoms with Crippen LogP contribution in [0.3, 0.4) is 0 Å². The predicted molar refractivity (Wildman–Crippen MR) is 66.2 cm³/mol. The van der Waals surface area contributed by atoms with E-state index in [0.29, 0.717) is 12.5 Å². The van der Waals surface area contributed by atoms with Gasteiger partial charge in [-0.25, -0.2) is 0 Å². The zero-order valence-electron chi connectivity index (χ0n) is 11.3. The van der Waals surface area contributed by atoms with E-state index in [4.69, 9.17) is 0 Å². The van der Waals surface area contributed by atoms with E-state index in [0.717, 1.165) is 0 Å². The highest BCUT2D eigenvalue weighted by Gasteiger charge is 2.25. The fourth-order valence-electron chi connectivity index (χ4n) is 1.34. The Morgan fingerprint density at radius 2 is 2.06 bits per heavy atom. The smallest absolute Gasteiger partial charge is 0.225 e. The normalized spacial score (nSPS) is 13.8. The largest absolute Gasteiger partial charge is 0.351 e. The number of carbonyl (C=O) groups excluding carboxylic acids is 1. The summed E-state index contributed by atoms with van der Waals surface area (Å²) in [6.45, 7) is 10.6. The van der Waals surface area contributed by atoms with Gasteiger partial charge in [-0.1, -0.05) is 39.8 Å². The quantitative estimate of drug-likeness (QED) is 0.864. The minimum Gasteiger partial charge on any atom is -0.351 e. The molecular formula is C12H22N4O. The van der Waals surface area contributed by atoms with Crippen LogP contribution in [0.5, 0.6) is 0 Å². The number of nitrogens with one attached hydrogen (secondary N) is 1. The molecule has 0 saturated heterocycles. The summed E-state index contributed by atoms with van der Waals surface area (Å²) in [5, 5.41) is 10.8. The average molecular weight is 238 g/mol. The van der Waals surface area contributed by atoms with Gasteiger partial charge in [0.2, 0.25) is 5.91 Å². The summed E-state index contributed by atoms with van der Waals surface area (Å²) in [5.41, 5.74) is -0.366. The fraction of sp³-hybridized carbons (Fsp3) is 0.750. The SMILES string of the molecule is CC(C)[C@@H](Cn1ccnn1)NC(=O)C(C)(C)C. The second-order valence-corrected chi connectivity index (χ2v) is 5.70. The third kappa shape index (κ3) is 4.17. The first-order chi connectivity index (χ1) is 7.80. The molecule has 17 heavy (non-hydrogen) atoms. The lowest BCUT2D eigenvalue weighted by atomic mass is 9.94. The topological polar surface area (TPSA) is 59.8 Å². The first kappa shape index (κ1) is 13.7. The summed E-state index contributed by atoms with van der Waals surface area (Å²) in [6.07, 6.45) is 3.45. The van der Waals surface area contributed by atoms with Gasteiger partial charge in [-0.3, -0.25) is 9.48 Å². The summed E-state index contributed by atoms with van der Waals surface area (Å²) in [7, 11) is 0. The van der Waals surface area contributed by atoms with Gasteiger partial charge in [0.1, 0.15) is 0 Å². The van der Waals surface area contributed by atoms with Crippen LogP contribution in [-0.2, 0) is 11.3 Å². The number of rotatable bonds is 4. The van der Waals surface area contributed by atoms with Gasteiger partial charge >= 0.3 is 0 Å². The van der Waals surface area contributed by atoms with Crippen molar-refractivity contribution in [1.29, 1.82) is 0 Å². The average Bonchev–Trinajstić information content (AvgIpc) is 2.67. The third-order valence-electron chi connectivity index (χ3n) is 2.66. The van der Waals surface area contributed by atoms with Gasteiger partial charge in [-0.15, -0.1) is 5.10 Å². The molecule has 0 aliphatic carbocycles. The molecule has 1 atom stereocenters. The van der Waals surface area contributed by atoms with Crippen LogP contribution in [0.4, 0.5) is 0 Å². The van der Waals surface area contributed by atoms with Gasteiger partial charge in [0.25, 0.3) is 0 Å². The molecule has 0 aromatic carbocycles. The molecule has 0 saturated carbocycles. The van der Waals surface area contributed by atoms with E-state index in [1.54, 1.807) is 17.1 Å². The standard InChI is InChI=1S/C12H22N4O/c1-9(2)10(8-16-7-6-13-15-16)14-11(17)12(3,4)5/h6-7,9-10H,8H2,1-5H3,(H,14,17)/t10-/m1/s1. The Labute approximate surface area is 103 Å². The van der Waals surface area contributed by atoms with E-state index in [9.17, 15) is 4.79 Å². The minimum absolute atomic E-state index is 0.0660. The molecule has 1 aromatic heterocycles. The maximum absolute atomic E-state index is 12.0. The predicted octanol–water partition coefficient (Wildman–Crippen LogP) is 1.46. The van der Waals surface area contributed by atoms with Gasteiger partial charge in [0.05, 0.1) is 18.8 Å². The second-order valence-electron chi connectivity index (χ2n) is 5.70. The number of amides is 1. The number of nitrogens with zero attached hydrogens (tertiary/aromatic N) is 3. The molecule has 0 fully saturated rings. The number of hydrogen-bond donors (Lipinski definition) is 1. The summed E-state index contributed by atoms with van der Waals surface area (Å²) in [6, 6.07) is 0.0726. The van der Waals surface area contributed by atoms with Crippen LogP contribution in [0.1, 0.15) is 34.6 Å². The van der Waals surface area contributed by atoms with Crippen LogP contribution in [0, 0.1) is 11.3 Å². The van der Waals surface area contributed by atoms with Crippen LogP contribution in [-0.4, -0.2) is 26.9 Å². The van der Waals surface area contributed by atoms with Crippen molar-refractivity contribution in [2.45, 2.75) is 47.2 Å². The fourth-order valence-corrected chi connectivity index (χ4v) is 1.34. The second kappa shape index (κ2) is 5.29. The Hall–Kier alpha value is -1.39. The monoisotopic (exact) mass is 238 g/mol. The van der Waals surface area contributed by atoms with E-state index >= 15 is 0 Å². The highest BCUT2D eigenvalue weighted by atomic mass is 16.2. The third-order valence-corrected chi connectivity index (χ3v) is 2.66. The number of aromatic nitrogens is 3. The molecule has 0 aliphatic heterocycles. The van der Waals surface area contributed by atoms with Crippen LogP contribution in [0.15, 0.2) is 12.4 Å². The lowest BCUT2D eigenvalue weighted by molar-refractivity contribution is -0.129. The van der Waals surface area contributed by atoms with Crippen molar-refractivity contribution in [2.24, 2.45) is 11.3 Å². The molecule has 0 spiro atoms. The van der Waals surface area contributed by atoms with Crippen molar-refractivity contribution in [3.8, 4) is 0 Å². The van der Waals surface area contributed by atoms with Crippen molar-refractivity contribution in [3.05, 3.63) is 12.4 Å². The van der Waals surface area contributed by atoms with Crippen molar-refractivity contribution < 1.29 is 4.79 Å². The number of hydrogen-bond acceptors (Lipinski definition) is 3. The molecular weight excluding hydrogens is 216 g/mol. The molecule has 0 aliphatic rings. The lowest BCUT2D eigenvalue weighted by Crippen LogP contribution is -2.46. The molecule has 0 unspecified atom stereocenters. The van der Waals surface area contributed by atoms with Crippen LogP contribution in [0.25, 0.3) is 0 Å². The molecule has 5 heteroatoms. The molecule has 96 valence electrons.